The Kier molecular flexibility index (Phi) is 10.0. The minimum Gasteiger partial charge on any atom is -0.481 e. The first-order valence-corrected chi connectivity index (χ1v) is 13.5. The van der Waals surface area contributed by atoms with Crippen LogP contribution >= 0.6 is 0 Å². The molecular formula is C28H44N2O6. The number of amides is 1. The lowest BCUT2D eigenvalue weighted by Gasteiger charge is -2.35. The van der Waals surface area contributed by atoms with Gasteiger partial charge in [-0.1, -0.05) is 46.6 Å². The van der Waals surface area contributed by atoms with Gasteiger partial charge in [0.2, 0.25) is 12.7 Å². The topological polar surface area (TPSA) is 99.5 Å². The molecule has 36 heavy (non-hydrogen) atoms. The molecule has 1 saturated heterocycles. The fourth-order valence-corrected chi connectivity index (χ4v) is 5.82. The lowest BCUT2D eigenvalue weighted by atomic mass is 9.76. The summed E-state index contributed by atoms with van der Waals surface area (Å²) >= 11 is 0. The van der Waals surface area contributed by atoms with E-state index in [-0.39, 0.29) is 43.2 Å². The number of carbonyl (C=O) groups excluding carboxylic acids is 1. The zero-order chi connectivity index (χ0) is 26.3. The number of hydrogen-bond acceptors (Lipinski definition) is 6. The third-order valence-electron chi connectivity index (χ3n) is 7.61. The molecule has 0 aromatic heterocycles. The van der Waals surface area contributed by atoms with Crippen LogP contribution < -0.4 is 9.47 Å². The van der Waals surface area contributed by atoms with Crippen LogP contribution in [0.25, 0.3) is 0 Å². The second kappa shape index (κ2) is 12.8. The zero-order valence-corrected chi connectivity index (χ0v) is 22.4. The number of nitrogens with zero attached hydrogens (tertiary/aromatic N) is 2. The van der Waals surface area contributed by atoms with Gasteiger partial charge in [-0.2, -0.15) is 0 Å². The third kappa shape index (κ3) is 6.91. The molecule has 1 aromatic carbocycles. The highest BCUT2D eigenvalue weighted by molar-refractivity contribution is 5.79. The number of aliphatic carboxylic acids is 1. The van der Waals surface area contributed by atoms with Crippen molar-refractivity contribution in [1.29, 1.82) is 0 Å². The van der Waals surface area contributed by atoms with Crippen molar-refractivity contribution in [2.75, 3.05) is 39.6 Å². The summed E-state index contributed by atoms with van der Waals surface area (Å²) in [5.74, 6) is -0.390. The van der Waals surface area contributed by atoms with Crippen molar-refractivity contribution < 1.29 is 29.3 Å². The highest BCUT2D eigenvalue weighted by atomic mass is 16.7. The number of aliphatic hydroxyl groups is 1. The van der Waals surface area contributed by atoms with E-state index in [2.05, 4.69) is 32.6 Å². The lowest BCUT2D eigenvalue weighted by Crippen LogP contribution is -2.46. The van der Waals surface area contributed by atoms with Gasteiger partial charge >= 0.3 is 5.97 Å². The maximum Gasteiger partial charge on any atom is 0.308 e. The Hall–Kier alpha value is -2.32. The molecule has 0 radical (unpaired) electrons. The Morgan fingerprint density at radius 2 is 1.83 bits per heavy atom. The molecule has 3 rings (SSSR count). The van der Waals surface area contributed by atoms with E-state index in [1.807, 2.05) is 23.1 Å². The molecule has 0 spiro atoms. The van der Waals surface area contributed by atoms with E-state index < -0.39 is 11.9 Å². The standard InChI is InChI=1S/C28H44N2O6/c1-5-7-12-29(13-8-14-31)25(32)18-30-17-21(20-9-10-23-24(15-20)36-19-35-23)26(27(33)34)22(30)16-28(3,4)11-6-2/h9-10,15,21-22,26,31H,5-8,11-14,16-19H2,1-4H3,(H,33,34)/t21-,22+,26-/m1/s1. The van der Waals surface area contributed by atoms with Crippen molar-refractivity contribution in [3.05, 3.63) is 23.8 Å². The second-order valence-corrected chi connectivity index (χ2v) is 11.0. The fraction of sp³-hybridized carbons (Fsp3) is 0.714. The van der Waals surface area contributed by atoms with Crippen LogP contribution in [0.1, 0.15) is 77.7 Å². The quantitative estimate of drug-likeness (QED) is 0.393. The van der Waals surface area contributed by atoms with Gasteiger partial charge in [-0.3, -0.25) is 14.5 Å². The van der Waals surface area contributed by atoms with Crippen LogP contribution in [0, 0.1) is 11.3 Å². The van der Waals surface area contributed by atoms with E-state index >= 15 is 0 Å². The molecule has 0 saturated carbocycles. The summed E-state index contributed by atoms with van der Waals surface area (Å²) in [6.07, 6.45) is 5.15. The Morgan fingerprint density at radius 3 is 2.50 bits per heavy atom. The molecule has 2 aliphatic rings. The number of carboxylic acid groups (broad SMARTS) is 1. The lowest BCUT2D eigenvalue weighted by molar-refractivity contribution is -0.144. The van der Waals surface area contributed by atoms with Gasteiger partial charge in [-0.25, -0.2) is 0 Å². The van der Waals surface area contributed by atoms with Gasteiger partial charge in [-0.15, -0.1) is 0 Å². The second-order valence-electron chi connectivity index (χ2n) is 11.0. The van der Waals surface area contributed by atoms with E-state index in [1.54, 1.807) is 0 Å². The van der Waals surface area contributed by atoms with Gasteiger partial charge in [0.1, 0.15) is 0 Å². The molecule has 202 valence electrons. The molecule has 1 aromatic rings. The van der Waals surface area contributed by atoms with Crippen molar-refractivity contribution in [2.45, 2.75) is 78.2 Å². The normalized spacial score (nSPS) is 21.6. The smallest absolute Gasteiger partial charge is 0.308 e. The van der Waals surface area contributed by atoms with E-state index in [4.69, 9.17) is 9.47 Å². The van der Waals surface area contributed by atoms with Crippen molar-refractivity contribution >= 4 is 11.9 Å². The van der Waals surface area contributed by atoms with Crippen molar-refractivity contribution in [1.82, 2.24) is 9.80 Å². The van der Waals surface area contributed by atoms with Crippen LogP contribution in [0.3, 0.4) is 0 Å². The molecule has 2 N–H and O–H groups in total. The van der Waals surface area contributed by atoms with Crippen LogP contribution in [0.15, 0.2) is 18.2 Å². The molecule has 8 heteroatoms. The van der Waals surface area contributed by atoms with Crippen LogP contribution in [0.5, 0.6) is 11.5 Å². The number of likely N-dealkylation sites (tertiary alicyclic amines) is 1. The monoisotopic (exact) mass is 504 g/mol. The number of rotatable bonds is 14. The number of carboxylic acids is 1. The zero-order valence-electron chi connectivity index (χ0n) is 22.4. The maximum atomic E-state index is 13.4. The minimum atomic E-state index is -0.826. The predicted octanol–water partition coefficient (Wildman–Crippen LogP) is 4.11. The van der Waals surface area contributed by atoms with Gasteiger partial charge in [0.05, 0.1) is 12.5 Å². The summed E-state index contributed by atoms with van der Waals surface area (Å²) in [4.78, 5) is 30.1. The Labute approximate surface area is 215 Å². The molecule has 0 aliphatic carbocycles. The predicted molar refractivity (Wildman–Crippen MR) is 138 cm³/mol. The van der Waals surface area contributed by atoms with Crippen molar-refractivity contribution in [3.8, 4) is 11.5 Å². The number of fused-ring (bicyclic) bond motifs is 1. The summed E-state index contributed by atoms with van der Waals surface area (Å²) < 4.78 is 11.0. The maximum absolute atomic E-state index is 13.4. The average Bonchev–Trinajstić information content (AvgIpc) is 3.43. The average molecular weight is 505 g/mol. The molecule has 1 fully saturated rings. The molecule has 0 bridgehead atoms. The largest absolute Gasteiger partial charge is 0.481 e. The minimum absolute atomic E-state index is 0.00525. The molecule has 3 atom stereocenters. The van der Waals surface area contributed by atoms with Crippen LogP contribution in [-0.4, -0.2) is 77.5 Å². The summed E-state index contributed by atoms with van der Waals surface area (Å²) in [5.41, 5.74) is 0.861. The Balaban J connectivity index is 1.90. The first kappa shape index (κ1) is 28.3. The molecule has 2 heterocycles. The molecule has 0 unspecified atom stereocenters. The first-order valence-electron chi connectivity index (χ1n) is 13.5. The first-order chi connectivity index (χ1) is 17.2. The molecule has 1 amide bonds. The molecule has 2 aliphatic heterocycles. The Morgan fingerprint density at radius 1 is 1.11 bits per heavy atom. The molecule has 8 nitrogen and oxygen atoms in total. The number of benzene rings is 1. The third-order valence-corrected chi connectivity index (χ3v) is 7.61. The van der Waals surface area contributed by atoms with Crippen LogP contribution in [-0.2, 0) is 9.59 Å². The van der Waals surface area contributed by atoms with Gasteiger partial charge in [0.15, 0.2) is 11.5 Å². The fourth-order valence-electron chi connectivity index (χ4n) is 5.82. The van der Waals surface area contributed by atoms with Gasteiger partial charge in [0, 0.05) is 38.2 Å². The van der Waals surface area contributed by atoms with Crippen LogP contribution in [0.2, 0.25) is 0 Å². The van der Waals surface area contributed by atoms with E-state index in [1.165, 1.54) is 0 Å². The highest BCUT2D eigenvalue weighted by Crippen LogP contribution is 2.45. The summed E-state index contributed by atoms with van der Waals surface area (Å²) in [5, 5.41) is 19.7. The van der Waals surface area contributed by atoms with Gasteiger partial charge < -0.3 is 24.6 Å². The number of ether oxygens (including phenoxy) is 2. The molecular weight excluding hydrogens is 460 g/mol. The van der Waals surface area contributed by atoms with Crippen molar-refractivity contribution in [2.24, 2.45) is 11.3 Å². The number of carbonyl (C=O) groups is 2. The SMILES string of the molecule is CCCCN(CCCO)C(=O)CN1C[C@H](c2ccc3c(c2)OCO3)[C@@H](C(=O)O)[C@@H]1CC(C)(C)CCC. The van der Waals surface area contributed by atoms with E-state index in [9.17, 15) is 19.8 Å². The van der Waals surface area contributed by atoms with E-state index in [0.29, 0.717) is 44.0 Å². The van der Waals surface area contributed by atoms with Crippen LogP contribution in [0.4, 0.5) is 0 Å². The van der Waals surface area contributed by atoms with Crippen molar-refractivity contribution in [3.63, 3.8) is 0 Å². The number of hydrogen-bond donors (Lipinski definition) is 2. The highest BCUT2D eigenvalue weighted by Gasteiger charge is 2.48. The summed E-state index contributed by atoms with van der Waals surface area (Å²) in [6, 6.07) is 5.43. The summed E-state index contributed by atoms with van der Waals surface area (Å²) in [7, 11) is 0. The summed E-state index contributed by atoms with van der Waals surface area (Å²) in [6.45, 7) is 10.7. The van der Waals surface area contributed by atoms with Gasteiger partial charge in [0.25, 0.3) is 0 Å². The number of aliphatic hydroxyl groups excluding tert-OH is 1. The Bertz CT molecular complexity index is 881. The van der Waals surface area contributed by atoms with E-state index in [0.717, 1.165) is 31.2 Å². The van der Waals surface area contributed by atoms with Gasteiger partial charge in [-0.05, 0) is 48.8 Å². The number of unbranched alkanes of at least 4 members (excludes halogenated alkanes) is 1.